The highest BCUT2D eigenvalue weighted by atomic mass is 79.9. The molecule has 0 amide bonds. The number of halogens is 1. The van der Waals surface area contributed by atoms with Gasteiger partial charge in [-0.3, -0.25) is 0 Å². The average Bonchev–Trinajstić information content (AvgIpc) is 2.41. The smallest absolute Gasteiger partial charge is 0.0334 e. The van der Waals surface area contributed by atoms with E-state index < -0.39 is 0 Å². The third-order valence-electron chi connectivity index (χ3n) is 4.49. The van der Waals surface area contributed by atoms with Crippen molar-refractivity contribution in [1.29, 1.82) is 0 Å². The van der Waals surface area contributed by atoms with Crippen LogP contribution in [0.2, 0.25) is 0 Å². The first-order valence-electron chi connectivity index (χ1n) is 7.13. The molecule has 18 heavy (non-hydrogen) atoms. The van der Waals surface area contributed by atoms with Crippen LogP contribution in [0.4, 0.5) is 0 Å². The van der Waals surface area contributed by atoms with E-state index in [0.717, 1.165) is 5.92 Å². The zero-order chi connectivity index (χ0) is 13.1. The van der Waals surface area contributed by atoms with Crippen molar-refractivity contribution in [2.45, 2.75) is 52.0 Å². The van der Waals surface area contributed by atoms with Gasteiger partial charge < -0.3 is 5.73 Å². The lowest BCUT2D eigenvalue weighted by Gasteiger charge is -2.32. The number of hydrogen-bond acceptors (Lipinski definition) is 1. The quantitative estimate of drug-likeness (QED) is 0.837. The lowest BCUT2D eigenvalue weighted by molar-refractivity contribution is 0.239. The van der Waals surface area contributed by atoms with E-state index in [1.165, 1.54) is 47.7 Å². The first-order chi connectivity index (χ1) is 8.61. The lowest BCUT2D eigenvalue weighted by Crippen LogP contribution is -2.26. The molecule has 1 aromatic rings. The van der Waals surface area contributed by atoms with Crippen molar-refractivity contribution in [3.8, 4) is 0 Å². The van der Waals surface area contributed by atoms with Gasteiger partial charge in [0.25, 0.3) is 0 Å². The topological polar surface area (TPSA) is 26.0 Å². The van der Waals surface area contributed by atoms with Gasteiger partial charge in [0.1, 0.15) is 0 Å². The van der Waals surface area contributed by atoms with E-state index in [1.54, 1.807) is 0 Å². The van der Waals surface area contributed by atoms with Crippen molar-refractivity contribution < 1.29 is 0 Å². The predicted molar refractivity (Wildman–Crippen MR) is 81.5 cm³/mol. The number of hydrogen-bond donors (Lipinski definition) is 1. The van der Waals surface area contributed by atoms with Crippen molar-refractivity contribution in [2.75, 3.05) is 0 Å². The maximum atomic E-state index is 6.50. The monoisotopic (exact) mass is 309 g/mol. The molecule has 1 aromatic carbocycles. The molecule has 1 saturated carbocycles. The normalized spacial score (nSPS) is 26.0. The lowest BCUT2D eigenvalue weighted by atomic mass is 9.76. The third-order valence-corrected chi connectivity index (χ3v) is 5.21. The summed E-state index contributed by atoms with van der Waals surface area (Å²) in [4.78, 5) is 0. The van der Waals surface area contributed by atoms with E-state index in [1.807, 2.05) is 0 Å². The molecule has 0 spiro atoms. The van der Waals surface area contributed by atoms with Gasteiger partial charge in [0.15, 0.2) is 0 Å². The summed E-state index contributed by atoms with van der Waals surface area (Å²) in [6, 6.07) is 6.69. The Hall–Kier alpha value is -0.340. The Morgan fingerprint density at radius 1 is 1.28 bits per heavy atom. The number of benzene rings is 1. The minimum absolute atomic E-state index is 0.192. The van der Waals surface area contributed by atoms with Gasteiger partial charge in [-0.15, -0.1) is 0 Å². The molecule has 100 valence electrons. The molecule has 0 aliphatic heterocycles. The van der Waals surface area contributed by atoms with Crippen LogP contribution < -0.4 is 5.73 Å². The number of aryl methyl sites for hydroxylation is 1. The fourth-order valence-corrected chi connectivity index (χ4v) is 3.64. The largest absolute Gasteiger partial charge is 0.324 e. The maximum absolute atomic E-state index is 6.50. The van der Waals surface area contributed by atoms with E-state index in [2.05, 4.69) is 48.0 Å². The van der Waals surface area contributed by atoms with Crippen molar-refractivity contribution in [3.63, 3.8) is 0 Å². The van der Waals surface area contributed by atoms with Crippen LogP contribution in [0.15, 0.2) is 22.7 Å². The van der Waals surface area contributed by atoms with Crippen molar-refractivity contribution >= 4 is 15.9 Å². The molecule has 1 aliphatic rings. The second-order valence-corrected chi connectivity index (χ2v) is 6.59. The van der Waals surface area contributed by atoms with Gasteiger partial charge >= 0.3 is 0 Å². The Morgan fingerprint density at radius 3 is 2.56 bits per heavy atom. The van der Waals surface area contributed by atoms with Crippen LogP contribution in [0.25, 0.3) is 0 Å². The van der Waals surface area contributed by atoms with Gasteiger partial charge in [-0.1, -0.05) is 59.8 Å². The molecule has 0 saturated heterocycles. The molecule has 1 aliphatic carbocycles. The summed E-state index contributed by atoms with van der Waals surface area (Å²) in [7, 11) is 0. The summed E-state index contributed by atoms with van der Waals surface area (Å²) >= 11 is 3.64. The molecule has 1 nitrogen and oxygen atoms in total. The SMILES string of the molecule is CCC1CCC(C(N)c2cc(C)ccc2Br)CC1. The Kier molecular flexibility index (Phi) is 4.85. The van der Waals surface area contributed by atoms with Crippen LogP contribution in [0.5, 0.6) is 0 Å². The molecular weight excluding hydrogens is 286 g/mol. The summed E-state index contributed by atoms with van der Waals surface area (Å²) in [6.07, 6.45) is 6.63. The summed E-state index contributed by atoms with van der Waals surface area (Å²) in [6.45, 7) is 4.44. The summed E-state index contributed by atoms with van der Waals surface area (Å²) in [5, 5.41) is 0. The molecule has 1 unspecified atom stereocenters. The van der Waals surface area contributed by atoms with Crippen LogP contribution in [-0.4, -0.2) is 0 Å². The zero-order valence-corrected chi connectivity index (χ0v) is 13.0. The first-order valence-corrected chi connectivity index (χ1v) is 7.92. The van der Waals surface area contributed by atoms with Crippen LogP contribution in [0, 0.1) is 18.8 Å². The van der Waals surface area contributed by atoms with E-state index in [-0.39, 0.29) is 6.04 Å². The highest BCUT2D eigenvalue weighted by Crippen LogP contribution is 2.38. The summed E-state index contributed by atoms with van der Waals surface area (Å²) in [5.74, 6) is 1.60. The molecule has 0 bridgehead atoms. The highest BCUT2D eigenvalue weighted by Gasteiger charge is 2.26. The molecule has 1 fully saturated rings. The van der Waals surface area contributed by atoms with Crippen molar-refractivity contribution in [2.24, 2.45) is 17.6 Å². The van der Waals surface area contributed by atoms with E-state index in [4.69, 9.17) is 5.73 Å². The van der Waals surface area contributed by atoms with E-state index in [9.17, 15) is 0 Å². The third kappa shape index (κ3) is 3.16. The van der Waals surface area contributed by atoms with Gasteiger partial charge in [-0.2, -0.15) is 0 Å². The average molecular weight is 310 g/mol. The molecular formula is C16H24BrN. The van der Waals surface area contributed by atoms with Crippen LogP contribution in [0.1, 0.15) is 56.2 Å². The molecule has 2 N–H and O–H groups in total. The van der Waals surface area contributed by atoms with Gasteiger partial charge in [-0.25, -0.2) is 0 Å². The Labute approximate surface area is 119 Å². The molecule has 2 rings (SSSR count). The van der Waals surface area contributed by atoms with Gasteiger partial charge in [-0.05, 0) is 43.2 Å². The second kappa shape index (κ2) is 6.21. The molecule has 0 radical (unpaired) electrons. The van der Waals surface area contributed by atoms with Crippen LogP contribution >= 0.6 is 15.9 Å². The molecule has 1 atom stereocenters. The predicted octanol–water partition coefficient (Wildman–Crippen LogP) is 4.97. The van der Waals surface area contributed by atoms with Gasteiger partial charge in [0, 0.05) is 10.5 Å². The highest BCUT2D eigenvalue weighted by molar-refractivity contribution is 9.10. The van der Waals surface area contributed by atoms with Crippen molar-refractivity contribution in [3.05, 3.63) is 33.8 Å². The van der Waals surface area contributed by atoms with Crippen LogP contribution in [0.3, 0.4) is 0 Å². The molecule has 2 heteroatoms. The van der Waals surface area contributed by atoms with E-state index in [0.29, 0.717) is 5.92 Å². The Balaban J connectivity index is 2.07. The minimum Gasteiger partial charge on any atom is -0.324 e. The Morgan fingerprint density at radius 2 is 1.94 bits per heavy atom. The van der Waals surface area contributed by atoms with Crippen LogP contribution in [-0.2, 0) is 0 Å². The molecule has 0 aromatic heterocycles. The fourth-order valence-electron chi connectivity index (χ4n) is 3.13. The maximum Gasteiger partial charge on any atom is 0.0334 e. The minimum atomic E-state index is 0.192. The zero-order valence-electron chi connectivity index (χ0n) is 11.5. The molecule has 0 heterocycles. The number of rotatable bonds is 3. The first kappa shape index (κ1) is 14.1. The van der Waals surface area contributed by atoms with Gasteiger partial charge in [0.05, 0.1) is 0 Å². The standard InChI is InChI=1S/C16H24BrN/c1-3-12-5-7-13(8-6-12)16(18)14-10-11(2)4-9-15(14)17/h4,9-10,12-13,16H,3,5-8,18H2,1-2H3. The van der Waals surface area contributed by atoms with E-state index >= 15 is 0 Å². The van der Waals surface area contributed by atoms with Gasteiger partial charge in [0.2, 0.25) is 0 Å². The Bertz CT molecular complexity index is 394. The second-order valence-electron chi connectivity index (χ2n) is 5.74. The summed E-state index contributed by atoms with van der Waals surface area (Å²) < 4.78 is 1.17. The summed E-state index contributed by atoms with van der Waals surface area (Å²) in [5.41, 5.74) is 9.08. The number of nitrogens with two attached hydrogens (primary N) is 1. The van der Waals surface area contributed by atoms with Crippen molar-refractivity contribution in [1.82, 2.24) is 0 Å². The fraction of sp³-hybridized carbons (Fsp3) is 0.625.